The second kappa shape index (κ2) is 9.31. The fourth-order valence-corrected chi connectivity index (χ4v) is 4.00. The van der Waals surface area contributed by atoms with Crippen molar-refractivity contribution in [1.82, 2.24) is 14.8 Å². The van der Waals surface area contributed by atoms with Crippen LogP contribution in [0.3, 0.4) is 0 Å². The Morgan fingerprint density at radius 1 is 0.903 bits per heavy atom. The van der Waals surface area contributed by atoms with E-state index < -0.39 is 0 Å². The van der Waals surface area contributed by atoms with Crippen molar-refractivity contribution in [2.45, 2.75) is 20.0 Å². The van der Waals surface area contributed by atoms with Crippen LogP contribution in [0.15, 0.2) is 60.4 Å². The molecule has 1 fully saturated rings. The molecule has 0 atom stereocenters. The van der Waals surface area contributed by atoms with Crippen LogP contribution in [0.1, 0.15) is 19.4 Å². The van der Waals surface area contributed by atoms with Crippen LogP contribution >= 0.6 is 0 Å². The van der Waals surface area contributed by atoms with Crippen LogP contribution in [0.4, 0.5) is 5.82 Å². The molecule has 0 N–H and O–H groups in total. The summed E-state index contributed by atoms with van der Waals surface area (Å²) in [7, 11) is 0. The first kappa shape index (κ1) is 21.1. The molecule has 1 saturated heterocycles. The number of piperazine rings is 1. The van der Waals surface area contributed by atoms with E-state index in [0.29, 0.717) is 31.0 Å². The number of hydrogen-bond acceptors (Lipinski definition) is 6. The summed E-state index contributed by atoms with van der Waals surface area (Å²) in [6.45, 7) is 7.24. The number of carbonyl (C=O) groups is 2. The van der Waals surface area contributed by atoms with Gasteiger partial charge in [0.05, 0.1) is 24.8 Å². The lowest BCUT2D eigenvalue weighted by Gasteiger charge is -2.37. The fraction of sp³-hybridized carbons (Fsp3) is 0.375. The molecule has 0 bridgehead atoms. The third-order valence-electron chi connectivity index (χ3n) is 5.54. The molecule has 0 radical (unpaired) electrons. The maximum Gasteiger partial charge on any atom is 0.277 e. The minimum atomic E-state index is -0.245. The van der Waals surface area contributed by atoms with Crippen LogP contribution in [0.25, 0.3) is 5.57 Å². The SMILES string of the molecule is CC(C)OCCN1C(=O)C(c2ccccc2)=C(N2CCN(c3ccccn3)CC2)C1=O. The zero-order chi connectivity index (χ0) is 21.8. The van der Waals surface area contributed by atoms with E-state index in [-0.39, 0.29) is 24.5 Å². The van der Waals surface area contributed by atoms with Crippen molar-refractivity contribution >= 4 is 23.2 Å². The second-order valence-electron chi connectivity index (χ2n) is 7.93. The highest BCUT2D eigenvalue weighted by Gasteiger charge is 2.42. The van der Waals surface area contributed by atoms with Crippen LogP contribution in [0, 0.1) is 0 Å². The van der Waals surface area contributed by atoms with Crippen molar-refractivity contribution in [3.63, 3.8) is 0 Å². The molecule has 2 aromatic rings. The van der Waals surface area contributed by atoms with Crippen LogP contribution in [0.5, 0.6) is 0 Å². The van der Waals surface area contributed by atoms with Gasteiger partial charge in [0.25, 0.3) is 11.8 Å². The van der Waals surface area contributed by atoms with Crippen molar-refractivity contribution < 1.29 is 14.3 Å². The molecule has 0 aliphatic carbocycles. The molecular formula is C24H28N4O3. The Kier molecular flexibility index (Phi) is 6.32. The zero-order valence-electron chi connectivity index (χ0n) is 18.0. The molecular weight excluding hydrogens is 392 g/mol. The molecule has 162 valence electrons. The number of hydrogen-bond donors (Lipinski definition) is 0. The van der Waals surface area contributed by atoms with Gasteiger partial charge in [0.2, 0.25) is 0 Å². The average Bonchev–Trinajstić information content (AvgIpc) is 3.05. The molecule has 1 aromatic heterocycles. The Bertz CT molecular complexity index is 951. The molecule has 1 aromatic carbocycles. The Morgan fingerprint density at radius 2 is 1.58 bits per heavy atom. The smallest absolute Gasteiger partial charge is 0.277 e. The van der Waals surface area contributed by atoms with Crippen molar-refractivity contribution in [3.05, 3.63) is 66.0 Å². The first-order valence-corrected chi connectivity index (χ1v) is 10.7. The molecule has 0 spiro atoms. The van der Waals surface area contributed by atoms with Crippen molar-refractivity contribution in [2.75, 3.05) is 44.2 Å². The third-order valence-corrected chi connectivity index (χ3v) is 5.54. The van der Waals surface area contributed by atoms with Gasteiger partial charge in [-0.05, 0) is 31.5 Å². The maximum absolute atomic E-state index is 13.4. The van der Waals surface area contributed by atoms with Crippen LogP contribution < -0.4 is 4.90 Å². The minimum Gasteiger partial charge on any atom is -0.377 e. The van der Waals surface area contributed by atoms with Gasteiger partial charge in [-0.15, -0.1) is 0 Å². The number of carbonyl (C=O) groups excluding carboxylic acids is 2. The maximum atomic E-state index is 13.4. The Balaban J connectivity index is 1.57. The number of ether oxygens (including phenoxy) is 1. The van der Waals surface area contributed by atoms with Gasteiger partial charge >= 0.3 is 0 Å². The van der Waals surface area contributed by atoms with E-state index in [1.807, 2.05) is 67.3 Å². The Labute approximate surface area is 182 Å². The van der Waals surface area contributed by atoms with Gasteiger partial charge in [-0.2, -0.15) is 0 Å². The fourth-order valence-electron chi connectivity index (χ4n) is 4.00. The van der Waals surface area contributed by atoms with E-state index in [4.69, 9.17) is 4.74 Å². The minimum absolute atomic E-state index is 0.0495. The molecule has 0 saturated carbocycles. The Morgan fingerprint density at radius 3 is 2.23 bits per heavy atom. The van der Waals surface area contributed by atoms with Gasteiger partial charge in [-0.25, -0.2) is 4.98 Å². The quantitative estimate of drug-likeness (QED) is 0.641. The summed E-state index contributed by atoms with van der Waals surface area (Å²) in [5.41, 5.74) is 1.76. The average molecular weight is 421 g/mol. The van der Waals surface area contributed by atoms with Crippen molar-refractivity contribution in [2.24, 2.45) is 0 Å². The Hall–Kier alpha value is -3.19. The van der Waals surface area contributed by atoms with E-state index in [2.05, 4.69) is 9.88 Å². The van der Waals surface area contributed by atoms with E-state index in [1.165, 1.54) is 4.90 Å². The number of aromatic nitrogens is 1. The highest BCUT2D eigenvalue weighted by Crippen LogP contribution is 2.32. The second-order valence-corrected chi connectivity index (χ2v) is 7.93. The summed E-state index contributed by atoms with van der Waals surface area (Å²) in [4.78, 5) is 36.6. The van der Waals surface area contributed by atoms with Crippen molar-refractivity contribution in [1.29, 1.82) is 0 Å². The van der Waals surface area contributed by atoms with Gasteiger partial charge in [-0.3, -0.25) is 14.5 Å². The number of benzene rings is 1. The summed E-state index contributed by atoms with van der Waals surface area (Å²) in [6.07, 6.45) is 1.84. The largest absolute Gasteiger partial charge is 0.377 e. The highest BCUT2D eigenvalue weighted by atomic mass is 16.5. The summed E-state index contributed by atoms with van der Waals surface area (Å²) in [5.74, 6) is 0.453. The lowest BCUT2D eigenvalue weighted by atomic mass is 10.0. The predicted octanol–water partition coefficient (Wildman–Crippen LogP) is 2.41. The summed E-state index contributed by atoms with van der Waals surface area (Å²) < 4.78 is 5.59. The van der Waals surface area contributed by atoms with Gasteiger partial charge in [-0.1, -0.05) is 36.4 Å². The topological polar surface area (TPSA) is 66.0 Å². The van der Waals surface area contributed by atoms with Gasteiger partial charge in [0, 0.05) is 32.4 Å². The first-order valence-electron chi connectivity index (χ1n) is 10.7. The molecule has 0 unspecified atom stereocenters. The van der Waals surface area contributed by atoms with Crippen LogP contribution in [-0.4, -0.2) is 72.0 Å². The molecule has 2 aliphatic heterocycles. The summed E-state index contributed by atoms with van der Waals surface area (Å²) in [5, 5.41) is 0. The molecule has 7 nitrogen and oxygen atoms in total. The first-order chi connectivity index (χ1) is 15.1. The van der Waals surface area contributed by atoms with Crippen LogP contribution in [0.2, 0.25) is 0 Å². The summed E-state index contributed by atoms with van der Waals surface area (Å²) >= 11 is 0. The number of pyridine rings is 1. The number of anilines is 1. The molecule has 2 aliphatic rings. The van der Waals surface area contributed by atoms with E-state index in [0.717, 1.165) is 24.5 Å². The van der Waals surface area contributed by atoms with E-state index in [9.17, 15) is 9.59 Å². The van der Waals surface area contributed by atoms with Gasteiger partial charge < -0.3 is 14.5 Å². The van der Waals surface area contributed by atoms with Gasteiger partial charge in [0.15, 0.2) is 0 Å². The molecule has 7 heteroatoms. The number of rotatable bonds is 7. The van der Waals surface area contributed by atoms with Crippen molar-refractivity contribution in [3.8, 4) is 0 Å². The monoisotopic (exact) mass is 420 g/mol. The lowest BCUT2D eigenvalue weighted by molar-refractivity contribution is -0.138. The summed E-state index contributed by atoms with van der Waals surface area (Å²) in [6, 6.07) is 15.3. The number of amides is 2. The molecule has 2 amide bonds. The number of imide groups is 1. The highest BCUT2D eigenvalue weighted by molar-refractivity contribution is 6.35. The third kappa shape index (κ3) is 4.46. The zero-order valence-corrected chi connectivity index (χ0v) is 18.0. The molecule has 4 rings (SSSR count). The van der Waals surface area contributed by atoms with Gasteiger partial charge in [0.1, 0.15) is 11.5 Å². The normalized spacial score (nSPS) is 17.3. The standard InChI is InChI=1S/C24H28N4O3/c1-18(2)31-17-16-28-23(29)21(19-8-4-3-5-9-19)22(24(28)30)27-14-12-26(13-15-27)20-10-6-7-11-25-20/h3-11,18H,12-17H2,1-2H3. The predicted molar refractivity (Wildman–Crippen MR) is 119 cm³/mol. The molecule has 3 heterocycles. The van der Waals surface area contributed by atoms with E-state index in [1.54, 1.807) is 6.20 Å². The van der Waals surface area contributed by atoms with E-state index >= 15 is 0 Å². The lowest BCUT2D eigenvalue weighted by Crippen LogP contribution is -2.48. The van der Waals surface area contributed by atoms with Crippen LogP contribution in [-0.2, 0) is 14.3 Å². The molecule has 31 heavy (non-hydrogen) atoms. The number of nitrogens with zero attached hydrogens (tertiary/aromatic N) is 4.